The summed E-state index contributed by atoms with van der Waals surface area (Å²) in [6, 6.07) is 37.4. The number of fused-ring (bicyclic) bond motifs is 3. The number of oxime groups is 1. The lowest BCUT2D eigenvalue weighted by atomic mass is 9.92. The zero-order valence-electron chi connectivity index (χ0n) is 17.8. The van der Waals surface area contributed by atoms with Crippen molar-refractivity contribution in [1.82, 2.24) is 0 Å². The van der Waals surface area contributed by atoms with Crippen LogP contribution in [-0.2, 0) is 10.6 Å². The maximum absolute atomic E-state index is 6.48. The van der Waals surface area contributed by atoms with Crippen LogP contribution in [0.5, 0.6) is 0 Å². The number of hydrogen-bond acceptors (Lipinski definition) is 4. The highest BCUT2D eigenvalue weighted by Crippen LogP contribution is 2.56. The quantitative estimate of drug-likeness (QED) is 0.309. The van der Waals surface area contributed by atoms with Gasteiger partial charge in [0, 0.05) is 32.7 Å². The van der Waals surface area contributed by atoms with Crippen molar-refractivity contribution in [3.05, 3.63) is 131 Å². The molecule has 2 unspecified atom stereocenters. The predicted octanol–water partition coefficient (Wildman–Crippen LogP) is 7.63. The number of hydrogen-bond donors (Lipinski definition) is 0. The van der Waals surface area contributed by atoms with Crippen LogP contribution in [0.2, 0.25) is 5.02 Å². The van der Waals surface area contributed by atoms with Gasteiger partial charge in [0.15, 0.2) is 5.84 Å². The summed E-state index contributed by atoms with van der Waals surface area (Å²) in [6.07, 6.45) is 0.720. The van der Waals surface area contributed by atoms with Crippen molar-refractivity contribution in [3.63, 3.8) is 0 Å². The third-order valence-corrected chi connectivity index (χ3v) is 7.77. The Morgan fingerprint density at radius 2 is 1.48 bits per heavy atom. The highest BCUT2D eigenvalue weighted by Gasteiger charge is 2.52. The van der Waals surface area contributed by atoms with E-state index >= 15 is 0 Å². The number of rotatable bonds is 3. The minimum Gasteiger partial charge on any atom is -0.360 e. The number of para-hydroxylation sites is 1. The molecular weight excluding hydrogens is 448 g/mol. The Balaban J connectivity index is 1.57. The lowest BCUT2D eigenvalue weighted by molar-refractivity contribution is -0.0283. The van der Waals surface area contributed by atoms with E-state index in [1.54, 1.807) is 0 Å². The summed E-state index contributed by atoms with van der Waals surface area (Å²) in [5.74, 6) is 0.823. The highest BCUT2D eigenvalue weighted by atomic mass is 35.5. The van der Waals surface area contributed by atoms with E-state index in [0.717, 1.165) is 34.1 Å². The van der Waals surface area contributed by atoms with E-state index < -0.39 is 5.72 Å². The standard InChI is InChI=1S/C28H21ClN2OS/c29-23-17-15-20(16-18-23)26-19-28(22-11-5-2-6-12-22)31(24-13-7-8-14-25(24)33-26)27(30-32-28)21-9-3-1-4-10-21/h1-18,26H,19H2. The van der Waals surface area contributed by atoms with Crippen LogP contribution in [0.1, 0.15) is 28.4 Å². The molecule has 2 aliphatic rings. The molecule has 4 aromatic carbocycles. The van der Waals surface area contributed by atoms with Gasteiger partial charge in [-0.15, -0.1) is 11.8 Å². The van der Waals surface area contributed by atoms with Gasteiger partial charge in [0.25, 0.3) is 0 Å². The van der Waals surface area contributed by atoms with Crippen LogP contribution in [0.25, 0.3) is 0 Å². The van der Waals surface area contributed by atoms with Gasteiger partial charge in [0.05, 0.1) is 5.69 Å². The van der Waals surface area contributed by atoms with Crippen LogP contribution in [0.3, 0.4) is 0 Å². The van der Waals surface area contributed by atoms with E-state index in [0.29, 0.717) is 0 Å². The number of anilines is 1. The minimum atomic E-state index is -0.768. The van der Waals surface area contributed by atoms with Gasteiger partial charge in [-0.2, -0.15) is 0 Å². The van der Waals surface area contributed by atoms with Crippen LogP contribution < -0.4 is 4.90 Å². The van der Waals surface area contributed by atoms with Gasteiger partial charge in [-0.1, -0.05) is 102 Å². The Morgan fingerprint density at radius 1 is 0.818 bits per heavy atom. The second-order valence-electron chi connectivity index (χ2n) is 8.19. The van der Waals surface area contributed by atoms with Crippen molar-refractivity contribution in [2.75, 3.05) is 4.90 Å². The molecule has 0 aliphatic carbocycles. The molecule has 0 spiro atoms. The molecular formula is C28H21ClN2OS. The Labute approximate surface area is 202 Å². The predicted molar refractivity (Wildman–Crippen MR) is 136 cm³/mol. The first kappa shape index (κ1) is 20.4. The monoisotopic (exact) mass is 468 g/mol. The Kier molecular flexibility index (Phi) is 5.12. The number of thioether (sulfide) groups is 1. The smallest absolute Gasteiger partial charge is 0.242 e. The van der Waals surface area contributed by atoms with Crippen LogP contribution in [0.15, 0.2) is 119 Å². The van der Waals surface area contributed by atoms with Crippen molar-refractivity contribution in [2.45, 2.75) is 22.3 Å². The average molecular weight is 469 g/mol. The topological polar surface area (TPSA) is 24.8 Å². The molecule has 0 saturated heterocycles. The molecule has 2 aliphatic heterocycles. The van der Waals surface area contributed by atoms with Crippen LogP contribution >= 0.6 is 23.4 Å². The molecule has 2 atom stereocenters. The summed E-state index contributed by atoms with van der Waals surface area (Å²) >= 11 is 8.07. The van der Waals surface area contributed by atoms with E-state index in [4.69, 9.17) is 21.6 Å². The molecule has 33 heavy (non-hydrogen) atoms. The van der Waals surface area contributed by atoms with Gasteiger partial charge < -0.3 is 4.84 Å². The fraction of sp³-hybridized carbons (Fsp3) is 0.107. The third kappa shape index (κ3) is 3.50. The molecule has 3 nitrogen and oxygen atoms in total. The minimum absolute atomic E-state index is 0.152. The van der Waals surface area contributed by atoms with Gasteiger partial charge in [-0.3, -0.25) is 4.90 Å². The zero-order chi connectivity index (χ0) is 22.3. The first-order valence-corrected chi connectivity index (χ1v) is 12.2. The fourth-order valence-electron chi connectivity index (χ4n) is 4.63. The van der Waals surface area contributed by atoms with E-state index in [1.807, 2.05) is 48.2 Å². The van der Waals surface area contributed by atoms with Gasteiger partial charge in [0.1, 0.15) is 0 Å². The van der Waals surface area contributed by atoms with Gasteiger partial charge in [0.2, 0.25) is 5.72 Å². The van der Waals surface area contributed by atoms with E-state index in [9.17, 15) is 0 Å². The largest absolute Gasteiger partial charge is 0.360 e. The number of amidine groups is 1. The summed E-state index contributed by atoms with van der Waals surface area (Å²) in [6.45, 7) is 0. The molecule has 0 saturated carbocycles. The third-order valence-electron chi connectivity index (χ3n) is 6.19. The van der Waals surface area contributed by atoms with Gasteiger partial charge >= 0.3 is 0 Å². The van der Waals surface area contributed by atoms with Crippen molar-refractivity contribution in [1.29, 1.82) is 0 Å². The van der Waals surface area contributed by atoms with Crippen LogP contribution in [0.4, 0.5) is 5.69 Å². The Morgan fingerprint density at radius 3 is 2.24 bits per heavy atom. The molecule has 0 N–H and O–H groups in total. The lowest BCUT2D eigenvalue weighted by Crippen LogP contribution is -2.47. The van der Waals surface area contributed by atoms with E-state index in [1.165, 1.54) is 10.5 Å². The summed E-state index contributed by atoms with van der Waals surface area (Å²) in [5, 5.41) is 5.59. The molecule has 0 radical (unpaired) electrons. The molecule has 2 heterocycles. The highest BCUT2D eigenvalue weighted by molar-refractivity contribution is 7.99. The van der Waals surface area contributed by atoms with E-state index in [2.05, 4.69) is 77.7 Å². The first-order chi connectivity index (χ1) is 16.2. The normalized spacial score (nSPS) is 21.4. The molecule has 6 rings (SSSR count). The summed E-state index contributed by atoms with van der Waals surface area (Å²) < 4.78 is 0. The van der Waals surface area contributed by atoms with Gasteiger partial charge in [-0.05, 0) is 29.8 Å². The molecule has 0 amide bonds. The van der Waals surface area contributed by atoms with Crippen LogP contribution in [0, 0.1) is 0 Å². The van der Waals surface area contributed by atoms with Crippen molar-refractivity contribution in [2.24, 2.45) is 5.16 Å². The SMILES string of the molecule is Clc1ccc(C2CC3(c4ccccc4)ON=C(c4ccccc4)N3c3ccccc3S2)cc1. The van der Waals surface area contributed by atoms with Gasteiger partial charge in [-0.25, -0.2) is 0 Å². The lowest BCUT2D eigenvalue weighted by Gasteiger charge is -2.37. The zero-order valence-corrected chi connectivity index (χ0v) is 19.3. The van der Waals surface area contributed by atoms with Crippen molar-refractivity contribution in [3.8, 4) is 0 Å². The van der Waals surface area contributed by atoms with E-state index in [-0.39, 0.29) is 5.25 Å². The molecule has 162 valence electrons. The average Bonchev–Trinajstić information content (AvgIpc) is 3.18. The first-order valence-electron chi connectivity index (χ1n) is 10.9. The Hall–Kier alpha value is -3.21. The van der Waals surface area contributed by atoms with Crippen molar-refractivity contribution < 1.29 is 4.84 Å². The van der Waals surface area contributed by atoms with Crippen LogP contribution in [-0.4, -0.2) is 5.84 Å². The second kappa shape index (κ2) is 8.29. The summed E-state index contributed by atoms with van der Waals surface area (Å²) in [4.78, 5) is 9.97. The molecule has 5 heteroatoms. The molecule has 0 bridgehead atoms. The Bertz CT molecular complexity index is 1310. The molecule has 4 aromatic rings. The number of halogens is 1. The summed E-state index contributed by atoms with van der Waals surface area (Å²) in [7, 11) is 0. The number of benzene rings is 4. The van der Waals surface area contributed by atoms with Crippen molar-refractivity contribution >= 4 is 34.9 Å². The molecule has 0 aromatic heterocycles. The summed E-state index contributed by atoms with van der Waals surface area (Å²) in [5.41, 5.74) is 3.66. The number of nitrogens with zero attached hydrogens (tertiary/aromatic N) is 2. The fourth-order valence-corrected chi connectivity index (χ4v) is 6.10. The second-order valence-corrected chi connectivity index (χ2v) is 9.87. The maximum atomic E-state index is 6.48. The molecule has 0 fully saturated rings. The maximum Gasteiger partial charge on any atom is 0.242 e.